The Morgan fingerprint density at radius 3 is 2.00 bits per heavy atom. The van der Waals surface area contributed by atoms with Gasteiger partial charge in [0.15, 0.2) is 0 Å². The van der Waals surface area contributed by atoms with Gasteiger partial charge in [-0.3, -0.25) is 9.59 Å². The van der Waals surface area contributed by atoms with Crippen LogP contribution >= 0.6 is 0 Å². The predicted octanol–water partition coefficient (Wildman–Crippen LogP) is 2.34. The zero-order valence-corrected chi connectivity index (χ0v) is 19.4. The number of hydrogen-bond donors (Lipinski definition) is 2. The first-order valence-electron chi connectivity index (χ1n) is 10.2. The molecule has 0 radical (unpaired) electrons. The van der Waals surface area contributed by atoms with Crippen LogP contribution in [0.1, 0.15) is 68.2 Å². The van der Waals surface area contributed by atoms with Gasteiger partial charge in [0.2, 0.25) is 11.8 Å². The molecule has 0 bridgehead atoms. The van der Waals surface area contributed by atoms with Crippen molar-refractivity contribution < 1.29 is 19.1 Å². The first-order valence-corrected chi connectivity index (χ1v) is 10.2. The molecule has 28 heavy (non-hydrogen) atoms. The van der Waals surface area contributed by atoms with Gasteiger partial charge < -0.3 is 20.3 Å². The number of esters is 1. The molecule has 0 fully saturated rings. The molecule has 0 unspecified atom stereocenters. The Kier molecular flexibility index (Phi) is 10.7. The van der Waals surface area contributed by atoms with Crippen molar-refractivity contribution in [2.45, 2.75) is 92.0 Å². The van der Waals surface area contributed by atoms with Crippen molar-refractivity contribution in [1.29, 1.82) is 0 Å². The first kappa shape index (κ1) is 26.4. The molecule has 2 N–H and O–H groups in total. The maximum Gasteiger partial charge on any atom is 0.329 e. The van der Waals surface area contributed by atoms with Crippen LogP contribution in [0.25, 0.3) is 0 Å². The van der Waals surface area contributed by atoms with Gasteiger partial charge >= 0.3 is 5.97 Å². The number of ether oxygens (including phenoxy) is 1. The average Bonchev–Trinajstić information content (AvgIpc) is 2.59. The topological polar surface area (TPSA) is 87.7 Å². The molecule has 0 aliphatic heterocycles. The Morgan fingerprint density at radius 2 is 1.61 bits per heavy atom. The Morgan fingerprint density at radius 1 is 1.07 bits per heavy atom. The first-order chi connectivity index (χ1) is 12.7. The molecule has 0 aromatic rings. The van der Waals surface area contributed by atoms with Gasteiger partial charge in [-0.2, -0.15) is 0 Å². The van der Waals surface area contributed by atoms with Crippen molar-refractivity contribution >= 4 is 17.8 Å². The fourth-order valence-electron chi connectivity index (χ4n) is 2.72. The lowest BCUT2D eigenvalue weighted by atomic mass is 9.96. The molecule has 7 heteroatoms. The summed E-state index contributed by atoms with van der Waals surface area (Å²) < 4.78 is 5.39. The van der Waals surface area contributed by atoms with E-state index in [-0.39, 0.29) is 23.8 Å². The molecular weight excluding hydrogens is 358 g/mol. The summed E-state index contributed by atoms with van der Waals surface area (Å²) in [5.41, 5.74) is -0.629. The molecule has 0 heterocycles. The summed E-state index contributed by atoms with van der Waals surface area (Å²) in [6, 6.07) is -1.81. The van der Waals surface area contributed by atoms with Crippen LogP contribution in [-0.2, 0) is 19.1 Å². The van der Waals surface area contributed by atoms with E-state index in [4.69, 9.17) is 4.74 Å². The standard InChI is InChI=1S/C21H41N3O4/c1-11-14(4)17(23-18(25)16(22-9)12-13(2)3)19(26)24(10)15(5)20(27)28-21(6,7)8/h13-17,22H,11-12H2,1-10H3,(H,23,25)/t14-,15-,16-,17-/m0/s1. The quantitative estimate of drug-likeness (QED) is 0.551. The Labute approximate surface area is 170 Å². The van der Waals surface area contributed by atoms with Crippen molar-refractivity contribution in [3.05, 3.63) is 0 Å². The molecule has 7 nitrogen and oxygen atoms in total. The van der Waals surface area contributed by atoms with Gasteiger partial charge in [-0.25, -0.2) is 4.79 Å². The lowest BCUT2D eigenvalue weighted by Gasteiger charge is -2.33. The predicted molar refractivity (Wildman–Crippen MR) is 112 cm³/mol. The number of nitrogens with one attached hydrogen (secondary N) is 2. The number of amides is 2. The fourth-order valence-corrected chi connectivity index (χ4v) is 2.72. The molecule has 0 saturated heterocycles. The second kappa shape index (κ2) is 11.4. The minimum Gasteiger partial charge on any atom is -0.458 e. The van der Waals surface area contributed by atoms with E-state index in [1.807, 2.05) is 27.7 Å². The van der Waals surface area contributed by atoms with Crippen LogP contribution in [0.2, 0.25) is 0 Å². The maximum absolute atomic E-state index is 13.1. The van der Waals surface area contributed by atoms with E-state index in [9.17, 15) is 14.4 Å². The molecule has 2 amide bonds. The van der Waals surface area contributed by atoms with Crippen molar-refractivity contribution in [1.82, 2.24) is 15.5 Å². The van der Waals surface area contributed by atoms with Gasteiger partial charge in [0.05, 0.1) is 6.04 Å². The Bertz CT molecular complexity index is 528. The van der Waals surface area contributed by atoms with Gasteiger partial charge in [-0.1, -0.05) is 34.1 Å². The van der Waals surface area contributed by atoms with Crippen molar-refractivity contribution in [2.24, 2.45) is 11.8 Å². The van der Waals surface area contributed by atoms with Crippen LogP contribution in [0, 0.1) is 11.8 Å². The molecule has 4 atom stereocenters. The van der Waals surface area contributed by atoms with Crippen molar-refractivity contribution in [2.75, 3.05) is 14.1 Å². The van der Waals surface area contributed by atoms with Gasteiger partial charge in [-0.15, -0.1) is 0 Å². The van der Waals surface area contributed by atoms with Gasteiger partial charge in [0.1, 0.15) is 17.7 Å². The maximum atomic E-state index is 13.1. The summed E-state index contributed by atoms with van der Waals surface area (Å²) in [5, 5.41) is 5.92. The van der Waals surface area contributed by atoms with Crippen LogP contribution < -0.4 is 10.6 Å². The van der Waals surface area contributed by atoms with E-state index in [1.54, 1.807) is 41.8 Å². The molecule has 0 aliphatic rings. The SMILES string of the molecule is CC[C@H](C)[C@H](NC(=O)[C@H](CC(C)C)NC)C(=O)N(C)[C@@H](C)C(=O)OC(C)(C)C. The van der Waals surface area contributed by atoms with E-state index < -0.39 is 23.7 Å². The van der Waals surface area contributed by atoms with Gasteiger partial charge in [0.25, 0.3) is 0 Å². The molecular formula is C21H41N3O4. The zero-order valence-electron chi connectivity index (χ0n) is 19.4. The van der Waals surface area contributed by atoms with E-state index in [0.29, 0.717) is 12.3 Å². The Balaban J connectivity index is 5.35. The van der Waals surface area contributed by atoms with Crippen molar-refractivity contribution in [3.63, 3.8) is 0 Å². The number of carbonyl (C=O) groups is 3. The zero-order chi connectivity index (χ0) is 22.2. The minimum absolute atomic E-state index is 0.0682. The van der Waals surface area contributed by atoms with Crippen LogP contribution in [0.5, 0.6) is 0 Å². The number of likely N-dealkylation sites (N-methyl/N-ethyl adjacent to an activating group) is 2. The van der Waals surface area contributed by atoms with Gasteiger partial charge in [-0.05, 0) is 53.0 Å². The lowest BCUT2D eigenvalue weighted by Crippen LogP contribution is -2.57. The highest BCUT2D eigenvalue weighted by Gasteiger charge is 2.35. The molecule has 0 aliphatic carbocycles. The van der Waals surface area contributed by atoms with E-state index >= 15 is 0 Å². The van der Waals surface area contributed by atoms with Crippen molar-refractivity contribution in [3.8, 4) is 0 Å². The van der Waals surface area contributed by atoms with Crippen LogP contribution in [0.4, 0.5) is 0 Å². The number of hydrogen-bond acceptors (Lipinski definition) is 5. The summed E-state index contributed by atoms with van der Waals surface area (Å²) in [6.07, 6.45) is 1.40. The van der Waals surface area contributed by atoms with Crippen LogP contribution in [-0.4, -0.2) is 60.5 Å². The summed E-state index contributed by atoms with van der Waals surface area (Å²) in [6.45, 7) is 15.0. The molecule has 0 aromatic heterocycles. The normalized spacial score (nSPS) is 16.1. The molecule has 0 spiro atoms. The molecule has 164 valence electrons. The highest BCUT2D eigenvalue weighted by molar-refractivity contribution is 5.92. The van der Waals surface area contributed by atoms with Crippen LogP contribution in [0.15, 0.2) is 0 Å². The number of rotatable bonds is 10. The third kappa shape index (κ3) is 8.59. The highest BCUT2D eigenvalue weighted by atomic mass is 16.6. The summed E-state index contributed by atoms with van der Waals surface area (Å²) in [5.74, 6) is -0.684. The number of nitrogens with zero attached hydrogens (tertiary/aromatic N) is 1. The molecule has 0 aromatic carbocycles. The smallest absolute Gasteiger partial charge is 0.329 e. The lowest BCUT2D eigenvalue weighted by molar-refractivity contribution is -0.163. The average molecular weight is 400 g/mol. The van der Waals surface area contributed by atoms with E-state index in [1.165, 1.54) is 4.90 Å². The van der Waals surface area contributed by atoms with Gasteiger partial charge in [0, 0.05) is 7.05 Å². The summed E-state index contributed by atoms with van der Waals surface area (Å²) in [7, 11) is 3.31. The second-order valence-electron chi connectivity index (χ2n) is 9.00. The highest BCUT2D eigenvalue weighted by Crippen LogP contribution is 2.15. The fraction of sp³-hybridized carbons (Fsp3) is 0.857. The largest absolute Gasteiger partial charge is 0.458 e. The van der Waals surface area contributed by atoms with E-state index in [0.717, 1.165) is 6.42 Å². The van der Waals surface area contributed by atoms with Crippen LogP contribution in [0.3, 0.4) is 0 Å². The Hall–Kier alpha value is -1.63. The summed E-state index contributed by atoms with van der Waals surface area (Å²) in [4.78, 5) is 39.5. The third-order valence-corrected chi connectivity index (χ3v) is 4.83. The van der Waals surface area contributed by atoms with E-state index in [2.05, 4.69) is 10.6 Å². The summed E-state index contributed by atoms with van der Waals surface area (Å²) >= 11 is 0. The second-order valence-corrected chi connectivity index (χ2v) is 9.00. The molecule has 0 saturated carbocycles. The minimum atomic E-state index is -0.744. The monoisotopic (exact) mass is 399 g/mol. The molecule has 0 rings (SSSR count). The number of carbonyl (C=O) groups excluding carboxylic acids is 3. The third-order valence-electron chi connectivity index (χ3n) is 4.83.